The van der Waals surface area contributed by atoms with Crippen LogP contribution in [-0.4, -0.2) is 20.0 Å². The molecule has 0 fully saturated rings. The van der Waals surface area contributed by atoms with E-state index in [1.807, 2.05) is 12.1 Å². The van der Waals surface area contributed by atoms with E-state index in [0.29, 0.717) is 22.6 Å². The Balaban J connectivity index is 1.79. The van der Waals surface area contributed by atoms with Crippen LogP contribution in [0.3, 0.4) is 0 Å². The minimum Gasteiger partial charge on any atom is -0.508 e. The summed E-state index contributed by atoms with van der Waals surface area (Å²) in [6.07, 6.45) is 0. The van der Waals surface area contributed by atoms with Crippen LogP contribution in [0.5, 0.6) is 5.75 Å². The molecule has 0 aliphatic heterocycles. The molecule has 0 aliphatic carbocycles. The van der Waals surface area contributed by atoms with Crippen molar-refractivity contribution >= 4 is 16.5 Å². The Kier molecular flexibility index (Phi) is 3.89. The maximum Gasteiger partial charge on any atom is 0.269 e. The lowest BCUT2D eigenvalue weighted by atomic mass is 10.1. The number of hydrogen-bond acceptors (Lipinski definition) is 5. The van der Waals surface area contributed by atoms with E-state index in [1.165, 1.54) is 18.2 Å². The van der Waals surface area contributed by atoms with E-state index >= 15 is 0 Å². The van der Waals surface area contributed by atoms with Gasteiger partial charge in [0.2, 0.25) is 0 Å². The standard InChI is InChI=1S/C20H13N3O4/c24-17-8-5-13-9-15(2-1-14(13)10-17)20-21-18(11-19(25)22-20)12-3-6-16(7-4-12)23(26)27/h1-11,24H,(H,21,22,25). The average molecular weight is 359 g/mol. The Hall–Kier alpha value is -4.00. The first-order valence-corrected chi connectivity index (χ1v) is 8.09. The molecule has 0 saturated heterocycles. The number of phenolic OH excluding ortho intramolecular Hbond substituents is 1. The van der Waals surface area contributed by atoms with E-state index in [2.05, 4.69) is 9.97 Å². The molecule has 0 bridgehead atoms. The van der Waals surface area contributed by atoms with E-state index in [0.717, 1.165) is 10.8 Å². The number of non-ortho nitro benzene ring substituents is 1. The summed E-state index contributed by atoms with van der Waals surface area (Å²) in [4.78, 5) is 29.6. The molecule has 1 heterocycles. The van der Waals surface area contributed by atoms with Crippen LogP contribution in [-0.2, 0) is 0 Å². The molecule has 4 aromatic rings. The molecule has 4 rings (SSSR count). The number of fused-ring (bicyclic) bond motifs is 1. The molecule has 2 N–H and O–H groups in total. The van der Waals surface area contributed by atoms with E-state index < -0.39 is 4.92 Å². The lowest BCUT2D eigenvalue weighted by Gasteiger charge is -2.06. The molecule has 1 aromatic heterocycles. The number of aromatic hydroxyl groups is 1. The van der Waals surface area contributed by atoms with Crippen LogP contribution in [0.4, 0.5) is 5.69 Å². The number of phenols is 1. The molecule has 3 aromatic carbocycles. The van der Waals surface area contributed by atoms with Crippen LogP contribution in [0.1, 0.15) is 0 Å². The molecule has 0 aliphatic rings. The second-order valence-corrected chi connectivity index (χ2v) is 6.03. The number of rotatable bonds is 3. The fourth-order valence-corrected chi connectivity index (χ4v) is 2.88. The van der Waals surface area contributed by atoms with Gasteiger partial charge in [0.25, 0.3) is 11.2 Å². The summed E-state index contributed by atoms with van der Waals surface area (Å²) in [5.41, 5.74) is 1.41. The van der Waals surface area contributed by atoms with Crippen LogP contribution in [0, 0.1) is 10.1 Å². The largest absolute Gasteiger partial charge is 0.508 e. The van der Waals surface area contributed by atoms with Gasteiger partial charge in [-0.25, -0.2) is 4.98 Å². The zero-order valence-electron chi connectivity index (χ0n) is 13.9. The van der Waals surface area contributed by atoms with Gasteiger partial charge in [0, 0.05) is 29.3 Å². The monoisotopic (exact) mass is 359 g/mol. The van der Waals surface area contributed by atoms with E-state index in [-0.39, 0.29) is 17.0 Å². The summed E-state index contributed by atoms with van der Waals surface area (Å²) in [5, 5.41) is 22.1. The molecule has 0 amide bonds. The summed E-state index contributed by atoms with van der Waals surface area (Å²) >= 11 is 0. The fourth-order valence-electron chi connectivity index (χ4n) is 2.88. The highest BCUT2D eigenvalue weighted by atomic mass is 16.6. The summed E-state index contributed by atoms with van der Waals surface area (Å²) < 4.78 is 0. The van der Waals surface area contributed by atoms with Gasteiger partial charge in [-0.2, -0.15) is 0 Å². The molecule has 7 nitrogen and oxygen atoms in total. The van der Waals surface area contributed by atoms with Gasteiger partial charge in [-0.05, 0) is 41.1 Å². The van der Waals surface area contributed by atoms with Crippen LogP contribution < -0.4 is 5.56 Å². The van der Waals surface area contributed by atoms with Crippen LogP contribution in [0.25, 0.3) is 33.4 Å². The van der Waals surface area contributed by atoms with Crippen LogP contribution in [0.15, 0.2) is 71.5 Å². The Labute approximate surface area is 152 Å². The summed E-state index contributed by atoms with van der Waals surface area (Å²) in [5.74, 6) is 0.577. The van der Waals surface area contributed by atoms with Gasteiger partial charge in [-0.3, -0.25) is 14.9 Å². The first-order chi connectivity index (χ1) is 13.0. The minimum absolute atomic E-state index is 0.0263. The lowest BCUT2D eigenvalue weighted by Crippen LogP contribution is -2.08. The number of nitro groups is 1. The normalized spacial score (nSPS) is 10.8. The maximum atomic E-state index is 12.1. The van der Waals surface area contributed by atoms with Crippen molar-refractivity contribution in [3.63, 3.8) is 0 Å². The van der Waals surface area contributed by atoms with Crippen molar-refractivity contribution in [1.29, 1.82) is 0 Å². The molecule has 0 atom stereocenters. The van der Waals surface area contributed by atoms with Crippen molar-refractivity contribution in [3.8, 4) is 28.4 Å². The Morgan fingerprint density at radius 3 is 2.30 bits per heavy atom. The number of aromatic amines is 1. The van der Waals surface area contributed by atoms with Gasteiger partial charge in [-0.1, -0.05) is 18.2 Å². The van der Waals surface area contributed by atoms with Gasteiger partial charge in [-0.15, -0.1) is 0 Å². The summed E-state index contributed by atoms with van der Waals surface area (Å²) in [7, 11) is 0. The number of aromatic nitrogens is 2. The van der Waals surface area contributed by atoms with Crippen molar-refractivity contribution in [1.82, 2.24) is 9.97 Å². The Morgan fingerprint density at radius 2 is 1.56 bits per heavy atom. The van der Waals surface area contributed by atoms with E-state index in [9.17, 15) is 20.0 Å². The van der Waals surface area contributed by atoms with Gasteiger partial charge in [0.05, 0.1) is 10.6 Å². The molecule has 0 unspecified atom stereocenters. The Morgan fingerprint density at radius 1 is 0.889 bits per heavy atom. The highest BCUT2D eigenvalue weighted by molar-refractivity contribution is 5.87. The zero-order valence-corrected chi connectivity index (χ0v) is 13.9. The molecular weight excluding hydrogens is 346 g/mol. The number of nitrogens with one attached hydrogen (secondary N) is 1. The van der Waals surface area contributed by atoms with E-state index in [4.69, 9.17) is 0 Å². The lowest BCUT2D eigenvalue weighted by molar-refractivity contribution is -0.384. The minimum atomic E-state index is -0.479. The molecule has 0 radical (unpaired) electrons. The van der Waals surface area contributed by atoms with Gasteiger partial charge in [0.1, 0.15) is 11.6 Å². The first-order valence-electron chi connectivity index (χ1n) is 8.09. The van der Waals surface area contributed by atoms with Crippen molar-refractivity contribution in [2.24, 2.45) is 0 Å². The number of nitro benzene ring substituents is 1. The summed E-state index contributed by atoms with van der Waals surface area (Å²) in [6.45, 7) is 0. The molecule has 0 spiro atoms. The molecule has 0 saturated carbocycles. The second kappa shape index (κ2) is 6.38. The van der Waals surface area contributed by atoms with Crippen molar-refractivity contribution in [2.45, 2.75) is 0 Å². The third-order valence-corrected chi connectivity index (χ3v) is 4.21. The fraction of sp³-hybridized carbons (Fsp3) is 0. The SMILES string of the molecule is O=c1cc(-c2ccc([N+](=O)[O-])cc2)nc(-c2ccc3cc(O)ccc3c2)[nH]1. The zero-order chi connectivity index (χ0) is 19.0. The van der Waals surface area contributed by atoms with Crippen LogP contribution >= 0.6 is 0 Å². The Bertz CT molecular complexity index is 1230. The second-order valence-electron chi connectivity index (χ2n) is 6.03. The first kappa shape index (κ1) is 16.5. The maximum absolute atomic E-state index is 12.1. The third-order valence-electron chi connectivity index (χ3n) is 4.21. The van der Waals surface area contributed by atoms with E-state index in [1.54, 1.807) is 36.4 Å². The van der Waals surface area contributed by atoms with Crippen molar-refractivity contribution < 1.29 is 10.0 Å². The topological polar surface area (TPSA) is 109 Å². The molecule has 132 valence electrons. The summed E-state index contributed by atoms with van der Waals surface area (Å²) in [6, 6.07) is 17.8. The van der Waals surface area contributed by atoms with Crippen molar-refractivity contribution in [3.05, 3.63) is 87.2 Å². The predicted octanol–water partition coefficient (Wildman–Crippen LogP) is 3.87. The predicted molar refractivity (Wildman–Crippen MR) is 102 cm³/mol. The number of benzene rings is 3. The molecule has 7 heteroatoms. The average Bonchev–Trinajstić information content (AvgIpc) is 2.67. The number of H-pyrrole nitrogens is 1. The third kappa shape index (κ3) is 3.25. The highest BCUT2D eigenvalue weighted by Crippen LogP contribution is 2.26. The number of hydrogen-bond donors (Lipinski definition) is 2. The highest BCUT2D eigenvalue weighted by Gasteiger charge is 2.10. The molecular formula is C20H13N3O4. The van der Waals surface area contributed by atoms with Crippen molar-refractivity contribution in [2.75, 3.05) is 0 Å². The van der Waals surface area contributed by atoms with Gasteiger partial charge in [0.15, 0.2) is 0 Å². The quantitative estimate of drug-likeness (QED) is 0.426. The number of nitrogens with zero attached hydrogens (tertiary/aromatic N) is 2. The van der Waals surface area contributed by atoms with Crippen LogP contribution in [0.2, 0.25) is 0 Å². The van der Waals surface area contributed by atoms with Gasteiger partial charge >= 0.3 is 0 Å². The van der Waals surface area contributed by atoms with Gasteiger partial charge < -0.3 is 10.1 Å². The molecule has 27 heavy (non-hydrogen) atoms. The smallest absolute Gasteiger partial charge is 0.269 e.